The summed E-state index contributed by atoms with van der Waals surface area (Å²) in [6, 6.07) is 8.12. The second-order valence-corrected chi connectivity index (χ2v) is 12.0. The normalized spacial score (nSPS) is 22.4. The Bertz CT molecular complexity index is 1720. The summed E-state index contributed by atoms with van der Waals surface area (Å²) in [7, 11) is 1.75. The molecule has 7 nitrogen and oxygen atoms in total. The maximum Gasteiger partial charge on any atom is 0.434 e. The number of aromatic nitrogens is 3. The second-order valence-electron chi connectivity index (χ2n) is 11.6. The number of halogens is 4. The van der Waals surface area contributed by atoms with E-state index < -0.39 is 17.8 Å². The number of nitrogens with zero attached hydrogens (tertiary/aromatic N) is 5. The first kappa shape index (κ1) is 27.5. The average molecular weight is 596 g/mol. The smallest absolute Gasteiger partial charge is 0.434 e. The van der Waals surface area contributed by atoms with Gasteiger partial charge in [-0.3, -0.25) is 9.88 Å². The van der Waals surface area contributed by atoms with Crippen molar-refractivity contribution >= 4 is 45.3 Å². The lowest BCUT2D eigenvalue weighted by atomic mass is 9.95. The standard InChI is InChI=1S/C31H31ClF3N6O/c1-40(16-19-13-36-15-23(19)34)29-21-14-37-27(20-6-2-5-18-7-8-22(33)25(32)24(18)20)26(35)28(21)38-30(39-29)42-17-31-9-3-11-41(31)12-4-10-31/h2,5-8,14,16,19,23,36H,3-4,9-13,15,17H2,1H3/q+1/t19?,23-/m1/s1. The summed E-state index contributed by atoms with van der Waals surface area (Å²) in [5, 5.41) is 4.32. The highest BCUT2D eigenvalue weighted by molar-refractivity contribution is 6.36. The number of benzene rings is 2. The topological polar surface area (TPSA) is 66.2 Å². The van der Waals surface area contributed by atoms with Crippen molar-refractivity contribution in [1.29, 1.82) is 0 Å². The molecule has 3 saturated heterocycles. The van der Waals surface area contributed by atoms with Crippen LogP contribution in [0.15, 0.2) is 36.5 Å². The fraction of sp³-hybridized carbons (Fsp3) is 0.419. The van der Waals surface area contributed by atoms with Gasteiger partial charge in [0.15, 0.2) is 5.82 Å². The van der Waals surface area contributed by atoms with Gasteiger partial charge in [-0.05, 0) is 50.2 Å². The number of hydrogen-bond acceptors (Lipinski definition) is 6. The molecular formula is C31H31ClF3N6O+. The predicted molar refractivity (Wildman–Crippen MR) is 157 cm³/mol. The summed E-state index contributed by atoms with van der Waals surface area (Å²) in [6.07, 6.45) is 6.51. The molecule has 2 atom stereocenters. The SMILES string of the molecule is C[N+](=CC1CNC[C@H]1F)c1nc(OCC23CCCN2CCC3)nc2c(F)c(-c3cccc4ccc(F)c(Cl)c34)ncc12. The summed E-state index contributed by atoms with van der Waals surface area (Å²) in [5.74, 6) is -1.30. The zero-order valence-corrected chi connectivity index (χ0v) is 24.0. The van der Waals surface area contributed by atoms with E-state index in [0.717, 1.165) is 38.8 Å². The van der Waals surface area contributed by atoms with Crippen LogP contribution < -0.4 is 10.1 Å². The van der Waals surface area contributed by atoms with Crippen LogP contribution >= 0.6 is 11.6 Å². The van der Waals surface area contributed by atoms with Crippen LogP contribution in [0.25, 0.3) is 32.9 Å². The van der Waals surface area contributed by atoms with E-state index >= 15 is 4.39 Å². The maximum absolute atomic E-state index is 16.5. The molecule has 4 aromatic rings. The lowest BCUT2D eigenvalue weighted by Gasteiger charge is -2.30. The number of hydrogen-bond donors (Lipinski definition) is 1. The lowest BCUT2D eigenvalue weighted by Crippen LogP contribution is -2.43. The van der Waals surface area contributed by atoms with E-state index in [-0.39, 0.29) is 40.2 Å². The molecule has 0 saturated carbocycles. The Labute approximate surface area is 246 Å². The number of ether oxygens (including phenoxy) is 1. The Morgan fingerprint density at radius 2 is 1.95 bits per heavy atom. The summed E-state index contributed by atoms with van der Waals surface area (Å²) in [5.41, 5.74) is 0.295. The molecule has 7 rings (SSSR count). The number of rotatable bonds is 6. The van der Waals surface area contributed by atoms with Crippen LogP contribution in [0.4, 0.5) is 19.0 Å². The third-order valence-corrected chi connectivity index (χ3v) is 9.42. The fourth-order valence-electron chi connectivity index (χ4n) is 6.88. The van der Waals surface area contributed by atoms with Gasteiger partial charge < -0.3 is 10.1 Å². The van der Waals surface area contributed by atoms with Crippen molar-refractivity contribution in [3.05, 3.63) is 53.2 Å². The quantitative estimate of drug-likeness (QED) is 0.228. The Kier molecular flexibility index (Phi) is 7.03. The van der Waals surface area contributed by atoms with Crippen molar-refractivity contribution in [2.75, 3.05) is 39.8 Å². The molecule has 0 bridgehead atoms. The third-order valence-electron chi connectivity index (χ3n) is 9.05. The van der Waals surface area contributed by atoms with Gasteiger partial charge in [0.25, 0.3) is 0 Å². The van der Waals surface area contributed by atoms with E-state index in [1.54, 1.807) is 42.1 Å². The van der Waals surface area contributed by atoms with E-state index in [4.69, 9.17) is 16.3 Å². The average Bonchev–Trinajstić information content (AvgIpc) is 3.70. The van der Waals surface area contributed by atoms with Gasteiger partial charge in [0.1, 0.15) is 35.2 Å². The van der Waals surface area contributed by atoms with Gasteiger partial charge in [-0.2, -0.15) is 4.98 Å². The van der Waals surface area contributed by atoms with Crippen LogP contribution in [0.2, 0.25) is 5.02 Å². The Morgan fingerprint density at radius 1 is 1.14 bits per heavy atom. The highest BCUT2D eigenvalue weighted by atomic mass is 35.5. The monoisotopic (exact) mass is 595 g/mol. The molecule has 0 aliphatic carbocycles. The summed E-state index contributed by atoms with van der Waals surface area (Å²) < 4.78 is 53.4. The molecule has 1 N–H and O–H groups in total. The van der Waals surface area contributed by atoms with Crippen LogP contribution in [-0.4, -0.2) is 82.2 Å². The molecule has 0 radical (unpaired) electrons. The first-order valence-corrected chi connectivity index (χ1v) is 14.8. The van der Waals surface area contributed by atoms with Crippen molar-refractivity contribution in [3.63, 3.8) is 0 Å². The Morgan fingerprint density at radius 3 is 2.71 bits per heavy atom. The molecule has 3 aliphatic rings. The molecule has 11 heteroatoms. The molecule has 0 spiro atoms. The van der Waals surface area contributed by atoms with Gasteiger partial charge in [0.2, 0.25) is 0 Å². The van der Waals surface area contributed by atoms with Crippen molar-refractivity contribution in [2.24, 2.45) is 5.92 Å². The second kappa shape index (κ2) is 10.7. The first-order valence-electron chi connectivity index (χ1n) is 14.4. The van der Waals surface area contributed by atoms with Crippen molar-refractivity contribution in [1.82, 2.24) is 25.2 Å². The fourth-order valence-corrected chi connectivity index (χ4v) is 7.15. The molecular weight excluding hydrogens is 565 g/mol. The van der Waals surface area contributed by atoms with Crippen molar-refractivity contribution < 1.29 is 22.5 Å². The highest BCUT2D eigenvalue weighted by Crippen LogP contribution is 2.40. The molecule has 218 valence electrons. The van der Waals surface area contributed by atoms with Crippen molar-refractivity contribution in [3.8, 4) is 17.3 Å². The van der Waals surface area contributed by atoms with Crippen molar-refractivity contribution in [2.45, 2.75) is 37.4 Å². The van der Waals surface area contributed by atoms with Crippen LogP contribution in [0.1, 0.15) is 25.7 Å². The predicted octanol–water partition coefficient (Wildman–Crippen LogP) is 5.69. The maximum atomic E-state index is 16.5. The van der Waals surface area contributed by atoms with E-state index in [1.165, 1.54) is 12.3 Å². The lowest BCUT2D eigenvalue weighted by molar-refractivity contribution is -0.405. The molecule has 3 fully saturated rings. The molecule has 2 aromatic heterocycles. The van der Waals surface area contributed by atoms with Gasteiger partial charge in [0.05, 0.1) is 29.7 Å². The number of fused-ring (bicyclic) bond motifs is 3. The summed E-state index contributed by atoms with van der Waals surface area (Å²) in [4.78, 5) is 16.1. The van der Waals surface area contributed by atoms with Crippen LogP contribution in [0, 0.1) is 17.6 Å². The van der Waals surface area contributed by atoms with Gasteiger partial charge in [-0.25, -0.2) is 17.7 Å². The largest absolute Gasteiger partial charge is 0.443 e. The minimum absolute atomic E-state index is 0.0111. The third kappa shape index (κ3) is 4.60. The van der Waals surface area contributed by atoms with E-state index in [1.807, 2.05) is 0 Å². The van der Waals surface area contributed by atoms with E-state index in [2.05, 4.69) is 25.2 Å². The molecule has 1 unspecified atom stereocenters. The van der Waals surface area contributed by atoms with Gasteiger partial charge >= 0.3 is 11.8 Å². The zero-order valence-electron chi connectivity index (χ0n) is 23.2. The summed E-state index contributed by atoms with van der Waals surface area (Å²) >= 11 is 6.36. The highest BCUT2D eigenvalue weighted by Gasteiger charge is 2.45. The first-order chi connectivity index (χ1) is 20.3. The minimum atomic E-state index is -1.04. The Balaban J connectivity index is 1.37. The van der Waals surface area contributed by atoms with Crippen LogP contribution in [-0.2, 0) is 0 Å². The Hall–Kier alpha value is -3.34. The van der Waals surface area contributed by atoms with Gasteiger partial charge in [0, 0.05) is 35.2 Å². The van der Waals surface area contributed by atoms with Crippen LogP contribution in [0.5, 0.6) is 6.01 Å². The van der Waals surface area contributed by atoms with E-state index in [0.29, 0.717) is 40.7 Å². The van der Waals surface area contributed by atoms with Gasteiger partial charge in [-0.15, -0.1) is 0 Å². The molecule has 2 aromatic carbocycles. The summed E-state index contributed by atoms with van der Waals surface area (Å²) in [6.45, 7) is 3.26. The molecule has 42 heavy (non-hydrogen) atoms. The number of pyridine rings is 1. The molecule has 3 aliphatic heterocycles. The van der Waals surface area contributed by atoms with E-state index in [9.17, 15) is 8.78 Å². The number of nitrogens with one attached hydrogen (secondary N) is 1. The van der Waals surface area contributed by atoms with Gasteiger partial charge in [-0.1, -0.05) is 35.9 Å². The zero-order chi connectivity index (χ0) is 29.0. The number of alkyl halides is 1. The molecule has 0 amide bonds. The van der Waals surface area contributed by atoms with Crippen LogP contribution in [0.3, 0.4) is 0 Å². The molecule has 5 heterocycles. The minimum Gasteiger partial charge on any atom is -0.443 e.